The van der Waals surface area contributed by atoms with Gasteiger partial charge in [-0.05, 0) is 24.5 Å². The Morgan fingerprint density at radius 1 is 1.04 bits per heavy atom. The van der Waals surface area contributed by atoms with E-state index in [-0.39, 0.29) is 18.4 Å². The summed E-state index contributed by atoms with van der Waals surface area (Å²) in [6, 6.07) is 6.35. The van der Waals surface area contributed by atoms with Crippen LogP contribution in [0.3, 0.4) is 0 Å². The van der Waals surface area contributed by atoms with Crippen molar-refractivity contribution < 1.29 is 0 Å². The Hall–Kier alpha value is -0.680. The van der Waals surface area contributed by atoms with Gasteiger partial charge in [0.2, 0.25) is 0 Å². The number of benzene rings is 1. The minimum absolute atomic E-state index is 0. The van der Waals surface area contributed by atoms with Crippen LogP contribution in [0.15, 0.2) is 18.2 Å². The molecule has 1 aromatic carbocycles. The van der Waals surface area contributed by atoms with Crippen molar-refractivity contribution in [1.82, 2.24) is 4.98 Å². The number of unbranched alkanes of at least 4 members (excludes halogenated alkanes) is 7. The lowest BCUT2D eigenvalue weighted by molar-refractivity contribution is 0.576. The van der Waals surface area contributed by atoms with Crippen LogP contribution >= 0.6 is 23.7 Å². The number of hydrogen-bond donors (Lipinski definition) is 2. The van der Waals surface area contributed by atoms with Crippen LogP contribution in [0.2, 0.25) is 0 Å². The number of thiazole rings is 1. The maximum atomic E-state index is 6.02. The summed E-state index contributed by atoms with van der Waals surface area (Å²) in [5.74, 6) is 0. The molecule has 1 aromatic heterocycles. The monoisotopic (exact) mass is 369 g/mol. The second-order valence-corrected chi connectivity index (χ2v) is 7.45. The molecule has 0 aliphatic carbocycles. The molecule has 2 rings (SSSR count). The Labute approximate surface area is 156 Å². The Kier molecular flexibility index (Phi) is 10.5. The fourth-order valence-corrected chi connectivity index (χ4v) is 3.96. The van der Waals surface area contributed by atoms with E-state index in [1.807, 2.05) is 0 Å². The number of para-hydroxylation sites is 1. The minimum atomic E-state index is -0.136. The van der Waals surface area contributed by atoms with Gasteiger partial charge in [0.15, 0.2) is 0 Å². The Balaban J connectivity index is 0.00000288. The molecule has 1 unspecified atom stereocenters. The average Bonchev–Trinajstić information content (AvgIpc) is 3.01. The van der Waals surface area contributed by atoms with Crippen LogP contribution in [0.5, 0.6) is 0 Å². The lowest BCUT2D eigenvalue weighted by Gasteiger charge is -2.04. The van der Waals surface area contributed by atoms with Gasteiger partial charge >= 0.3 is 0 Å². The van der Waals surface area contributed by atoms with E-state index in [0.717, 1.165) is 16.9 Å². The average molecular weight is 370 g/mol. The van der Waals surface area contributed by atoms with Gasteiger partial charge in [0.05, 0.1) is 16.3 Å². The van der Waals surface area contributed by atoms with Crippen LogP contribution < -0.4 is 11.5 Å². The van der Waals surface area contributed by atoms with Gasteiger partial charge in [-0.15, -0.1) is 23.7 Å². The van der Waals surface area contributed by atoms with Gasteiger partial charge in [0.1, 0.15) is 5.01 Å². The lowest BCUT2D eigenvalue weighted by Crippen LogP contribution is -2.20. The molecule has 0 aliphatic heterocycles. The van der Waals surface area contributed by atoms with E-state index >= 15 is 0 Å². The Morgan fingerprint density at radius 2 is 1.71 bits per heavy atom. The molecule has 0 bridgehead atoms. The molecule has 0 amide bonds. The largest absolute Gasteiger partial charge is 0.329 e. The third kappa shape index (κ3) is 6.32. The number of nitrogens with two attached hydrogens (primary N) is 2. The molecule has 2 aromatic rings. The van der Waals surface area contributed by atoms with E-state index in [2.05, 4.69) is 25.1 Å². The smallest absolute Gasteiger partial charge is 0.112 e. The molecule has 0 saturated heterocycles. The fourth-order valence-electron chi connectivity index (χ4n) is 2.93. The molecule has 1 atom stereocenters. The summed E-state index contributed by atoms with van der Waals surface area (Å²) >= 11 is 1.68. The van der Waals surface area contributed by atoms with E-state index in [1.165, 1.54) is 61.6 Å². The van der Waals surface area contributed by atoms with Crippen LogP contribution in [-0.4, -0.2) is 11.5 Å². The molecule has 5 heteroatoms. The van der Waals surface area contributed by atoms with E-state index in [4.69, 9.17) is 16.5 Å². The predicted molar refractivity (Wildman–Crippen MR) is 109 cm³/mol. The van der Waals surface area contributed by atoms with Gasteiger partial charge in [-0.1, -0.05) is 64.0 Å². The molecule has 4 N–H and O–H groups in total. The first-order valence-corrected chi connectivity index (χ1v) is 9.92. The van der Waals surface area contributed by atoms with Gasteiger partial charge in [-0.2, -0.15) is 0 Å². The van der Waals surface area contributed by atoms with Crippen LogP contribution in [0, 0.1) is 0 Å². The van der Waals surface area contributed by atoms with Crippen molar-refractivity contribution in [3.8, 4) is 0 Å². The Morgan fingerprint density at radius 3 is 2.38 bits per heavy atom. The van der Waals surface area contributed by atoms with Crippen molar-refractivity contribution in [2.75, 3.05) is 6.54 Å². The van der Waals surface area contributed by atoms with Gasteiger partial charge in [0, 0.05) is 6.54 Å². The highest BCUT2D eigenvalue weighted by Gasteiger charge is 2.12. The molecule has 24 heavy (non-hydrogen) atoms. The molecular formula is C19H32ClN3S. The van der Waals surface area contributed by atoms with Gasteiger partial charge in [-0.3, -0.25) is 0 Å². The number of halogens is 1. The van der Waals surface area contributed by atoms with Crippen LogP contribution in [0.25, 0.3) is 10.2 Å². The second-order valence-electron chi connectivity index (χ2n) is 6.38. The number of aromatic nitrogens is 1. The van der Waals surface area contributed by atoms with Crippen LogP contribution in [0.4, 0.5) is 0 Å². The van der Waals surface area contributed by atoms with Crippen LogP contribution in [0.1, 0.15) is 74.9 Å². The fraction of sp³-hybridized carbons (Fsp3) is 0.632. The van der Waals surface area contributed by atoms with Crippen LogP contribution in [-0.2, 0) is 6.42 Å². The summed E-state index contributed by atoms with van der Waals surface area (Å²) in [5, 5.41) is 0.964. The summed E-state index contributed by atoms with van der Waals surface area (Å²) in [5.41, 5.74) is 14.2. The SMILES string of the molecule is CCCCCCCCCCc1cccc2sc(C(N)CN)nc12.Cl. The number of nitrogens with zero attached hydrogens (tertiary/aromatic N) is 1. The van der Waals surface area contributed by atoms with Crippen molar-refractivity contribution in [1.29, 1.82) is 0 Å². The van der Waals surface area contributed by atoms with Crippen molar-refractivity contribution in [3.05, 3.63) is 28.8 Å². The lowest BCUT2D eigenvalue weighted by atomic mass is 10.0. The highest BCUT2D eigenvalue weighted by molar-refractivity contribution is 7.18. The van der Waals surface area contributed by atoms with Crippen molar-refractivity contribution in [2.45, 2.75) is 70.8 Å². The topological polar surface area (TPSA) is 64.9 Å². The summed E-state index contributed by atoms with van der Waals surface area (Å²) in [7, 11) is 0. The first-order chi connectivity index (χ1) is 11.3. The maximum Gasteiger partial charge on any atom is 0.112 e. The number of hydrogen-bond acceptors (Lipinski definition) is 4. The van der Waals surface area contributed by atoms with E-state index in [9.17, 15) is 0 Å². The molecule has 1 heterocycles. The van der Waals surface area contributed by atoms with Crippen molar-refractivity contribution >= 4 is 34.0 Å². The zero-order chi connectivity index (χ0) is 16.5. The standard InChI is InChI=1S/C19H31N3S.ClH/c1-2-3-4-5-6-7-8-9-11-15-12-10-13-17-18(15)22-19(23-17)16(21)14-20;/h10,12-13,16H,2-9,11,14,20-21H2,1H3;1H. The molecule has 0 radical (unpaired) electrons. The molecule has 3 nitrogen and oxygen atoms in total. The molecule has 0 spiro atoms. The molecule has 0 aliphatic rings. The van der Waals surface area contributed by atoms with Gasteiger partial charge in [0.25, 0.3) is 0 Å². The number of rotatable bonds is 11. The zero-order valence-corrected chi connectivity index (χ0v) is 16.4. The summed E-state index contributed by atoms with van der Waals surface area (Å²) < 4.78 is 1.24. The molecule has 0 fully saturated rings. The second kappa shape index (κ2) is 11.8. The maximum absolute atomic E-state index is 6.02. The van der Waals surface area contributed by atoms with E-state index in [1.54, 1.807) is 11.3 Å². The van der Waals surface area contributed by atoms with Gasteiger partial charge < -0.3 is 11.5 Å². The first-order valence-electron chi connectivity index (χ1n) is 9.10. The molecule has 0 saturated carbocycles. The number of fused-ring (bicyclic) bond motifs is 1. The zero-order valence-electron chi connectivity index (χ0n) is 14.8. The Bertz CT molecular complexity index is 585. The third-order valence-electron chi connectivity index (χ3n) is 4.39. The minimum Gasteiger partial charge on any atom is -0.329 e. The van der Waals surface area contributed by atoms with Gasteiger partial charge in [-0.25, -0.2) is 4.98 Å². The molecule has 136 valence electrons. The highest BCUT2D eigenvalue weighted by atomic mass is 35.5. The normalized spacial score (nSPS) is 12.3. The summed E-state index contributed by atoms with van der Waals surface area (Å²) in [6.07, 6.45) is 12.0. The van der Waals surface area contributed by atoms with E-state index in [0.29, 0.717) is 6.54 Å². The van der Waals surface area contributed by atoms with Crippen molar-refractivity contribution in [3.63, 3.8) is 0 Å². The summed E-state index contributed by atoms with van der Waals surface area (Å²) in [4.78, 5) is 4.75. The van der Waals surface area contributed by atoms with E-state index < -0.39 is 0 Å². The number of aryl methyl sites for hydroxylation is 1. The predicted octanol–water partition coefficient (Wildman–Crippen LogP) is 5.36. The van der Waals surface area contributed by atoms with Crippen molar-refractivity contribution in [2.24, 2.45) is 11.5 Å². The third-order valence-corrected chi connectivity index (χ3v) is 5.54. The first kappa shape index (κ1) is 21.4. The summed E-state index contributed by atoms with van der Waals surface area (Å²) in [6.45, 7) is 2.72. The molecular weight excluding hydrogens is 338 g/mol. The quantitative estimate of drug-likeness (QED) is 0.524. The highest BCUT2D eigenvalue weighted by Crippen LogP contribution is 2.28.